The largest absolute Gasteiger partial charge is 0.469 e. The van der Waals surface area contributed by atoms with Crippen LogP contribution in [0.3, 0.4) is 0 Å². The first-order valence-electron chi connectivity index (χ1n) is 6.05. The number of phosphoric acid groups is 1. The number of rotatable bonds is 8. The summed E-state index contributed by atoms with van der Waals surface area (Å²) in [5.41, 5.74) is 0. The molecule has 0 amide bonds. The van der Waals surface area contributed by atoms with Crippen LogP contribution in [0.25, 0.3) is 0 Å². The van der Waals surface area contributed by atoms with E-state index in [0.29, 0.717) is 25.6 Å². The molecule has 0 atom stereocenters. The second kappa shape index (κ2) is 7.46. The van der Waals surface area contributed by atoms with Crippen LogP contribution in [-0.2, 0) is 14.2 Å². The third-order valence-corrected chi connectivity index (χ3v) is 3.59. The fraction of sp³-hybridized carbons (Fsp3) is 1.00. The lowest BCUT2D eigenvalue weighted by Crippen LogP contribution is -2.37. The molecule has 1 aliphatic carbocycles. The molecule has 0 heterocycles. The Labute approximate surface area is 102 Å². The highest BCUT2D eigenvalue weighted by atomic mass is 31.2. The zero-order valence-electron chi connectivity index (χ0n) is 9.95. The Morgan fingerprint density at radius 2 is 1.88 bits per heavy atom. The fourth-order valence-corrected chi connectivity index (χ4v) is 2.61. The molecule has 0 bridgehead atoms. The molecule has 0 spiro atoms. The second-order valence-corrected chi connectivity index (χ2v) is 5.60. The molecule has 17 heavy (non-hydrogen) atoms. The van der Waals surface area contributed by atoms with Crippen molar-refractivity contribution in [2.24, 2.45) is 0 Å². The molecule has 2 N–H and O–H groups in total. The van der Waals surface area contributed by atoms with E-state index in [1.807, 2.05) is 0 Å². The summed E-state index contributed by atoms with van der Waals surface area (Å²) < 4.78 is 15.0. The Morgan fingerprint density at radius 1 is 1.24 bits per heavy atom. The Kier molecular flexibility index (Phi) is 6.62. The van der Waals surface area contributed by atoms with Gasteiger partial charge in [0.25, 0.3) is 0 Å². The monoisotopic (exact) mass is 266 g/mol. The molecule has 0 saturated heterocycles. The molecule has 0 aromatic heterocycles. The van der Waals surface area contributed by atoms with Crippen LogP contribution in [0.2, 0.25) is 0 Å². The Hall–Kier alpha value is 0.0300. The highest BCUT2D eigenvalue weighted by molar-refractivity contribution is 7.46. The topological polar surface area (TPSA) is 89.9 Å². The summed E-state index contributed by atoms with van der Waals surface area (Å²) in [5, 5.41) is 10.5. The van der Waals surface area contributed by atoms with Crippen molar-refractivity contribution in [2.75, 3.05) is 26.3 Å². The van der Waals surface area contributed by atoms with Crippen molar-refractivity contribution < 1.29 is 24.0 Å². The molecule has 1 rings (SSSR count). The summed E-state index contributed by atoms with van der Waals surface area (Å²) in [6, 6.07) is 0.446. The van der Waals surface area contributed by atoms with E-state index in [0.717, 1.165) is 12.8 Å². The molecule has 0 aliphatic heterocycles. The van der Waals surface area contributed by atoms with Crippen LogP contribution in [0.5, 0.6) is 0 Å². The van der Waals surface area contributed by atoms with E-state index in [1.165, 1.54) is 12.8 Å². The van der Waals surface area contributed by atoms with Gasteiger partial charge in [0.15, 0.2) is 0 Å². The highest BCUT2D eigenvalue weighted by Gasteiger charge is 2.23. The summed E-state index contributed by atoms with van der Waals surface area (Å²) in [6.45, 7) is 1.08. The average Bonchev–Trinajstić information content (AvgIpc) is 2.74. The van der Waals surface area contributed by atoms with Crippen molar-refractivity contribution in [3.8, 4) is 0 Å². The van der Waals surface area contributed by atoms with Crippen LogP contribution in [0.4, 0.5) is 0 Å². The first-order valence-corrected chi connectivity index (χ1v) is 7.58. The average molecular weight is 266 g/mol. The lowest BCUT2D eigenvalue weighted by Gasteiger charge is -2.28. The SMILES string of the molecule is [O]CCCN(CCOP(=O)(O)O)C1CCCC1. The molecule has 0 aromatic rings. The normalized spacial score (nSPS) is 18.1. The zero-order valence-corrected chi connectivity index (χ0v) is 10.8. The van der Waals surface area contributed by atoms with Crippen molar-refractivity contribution in [3.05, 3.63) is 0 Å². The van der Waals surface area contributed by atoms with Crippen molar-refractivity contribution in [1.82, 2.24) is 4.90 Å². The summed E-state index contributed by atoms with van der Waals surface area (Å²) in [4.78, 5) is 19.3. The summed E-state index contributed by atoms with van der Waals surface area (Å²) in [6.07, 6.45) is 5.17. The van der Waals surface area contributed by atoms with E-state index in [1.54, 1.807) is 0 Å². The van der Waals surface area contributed by atoms with Gasteiger partial charge in [-0.1, -0.05) is 12.8 Å². The number of hydrogen-bond donors (Lipinski definition) is 2. The van der Waals surface area contributed by atoms with Gasteiger partial charge in [-0.2, -0.15) is 0 Å². The molecule has 1 aliphatic rings. The van der Waals surface area contributed by atoms with Crippen molar-refractivity contribution in [2.45, 2.75) is 38.1 Å². The van der Waals surface area contributed by atoms with Crippen molar-refractivity contribution >= 4 is 7.82 Å². The van der Waals surface area contributed by atoms with E-state index in [4.69, 9.17) is 9.79 Å². The summed E-state index contributed by atoms with van der Waals surface area (Å²) in [5.74, 6) is 0. The predicted octanol–water partition coefficient (Wildman–Crippen LogP) is 1.16. The smallest absolute Gasteiger partial charge is 0.303 e. The first-order chi connectivity index (χ1) is 8.03. The minimum Gasteiger partial charge on any atom is -0.303 e. The van der Waals surface area contributed by atoms with Crippen LogP contribution in [0, 0.1) is 0 Å². The van der Waals surface area contributed by atoms with Gasteiger partial charge in [0.1, 0.15) is 0 Å². The third-order valence-electron chi connectivity index (χ3n) is 3.07. The lowest BCUT2D eigenvalue weighted by atomic mass is 10.2. The Morgan fingerprint density at radius 3 is 2.41 bits per heavy atom. The predicted molar refractivity (Wildman–Crippen MR) is 62.0 cm³/mol. The van der Waals surface area contributed by atoms with Gasteiger partial charge < -0.3 is 9.79 Å². The molecule has 7 heteroatoms. The molecular weight excluding hydrogens is 245 g/mol. The number of hydrogen-bond acceptors (Lipinski definition) is 3. The van der Waals surface area contributed by atoms with Crippen LogP contribution in [-0.4, -0.2) is 47.0 Å². The molecule has 101 valence electrons. The number of nitrogens with zero attached hydrogens (tertiary/aromatic N) is 1. The van der Waals surface area contributed by atoms with E-state index in [9.17, 15) is 9.67 Å². The first kappa shape index (κ1) is 15.1. The van der Waals surface area contributed by atoms with Crippen LogP contribution in [0.1, 0.15) is 32.1 Å². The maximum Gasteiger partial charge on any atom is 0.469 e. The quantitative estimate of drug-likeness (QED) is 0.643. The highest BCUT2D eigenvalue weighted by Crippen LogP contribution is 2.35. The maximum absolute atomic E-state index is 10.6. The molecular formula is C10H21NO5P. The molecule has 0 aromatic carbocycles. The zero-order chi connectivity index (χ0) is 12.7. The van der Waals surface area contributed by atoms with Crippen LogP contribution >= 0.6 is 7.82 Å². The molecule has 0 unspecified atom stereocenters. The van der Waals surface area contributed by atoms with Crippen LogP contribution in [0.15, 0.2) is 0 Å². The Bertz CT molecular complexity index is 251. The van der Waals surface area contributed by atoms with Gasteiger partial charge in [-0.3, -0.25) is 9.42 Å². The Balaban J connectivity index is 2.32. The maximum atomic E-state index is 10.6. The minimum atomic E-state index is -4.37. The van der Waals surface area contributed by atoms with Crippen LogP contribution < -0.4 is 0 Å². The van der Waals surface area contributed by atoms with Crippen molar-refractivity contribution in [1.29, 1.82) is 0 Å². The number of phosphoric ester groups is 1. The van der Waals surface area contributed by atoms with E-state index in [-0.39, 0.29) is 13.2 Å². The van der Waals surface area contributed by atoms with E-state index < -0.39 is 7.82 Å². The fourth-order valence-electron chi connectivity index (χ4n) is 2.29. The summed E-state index contributed by atoms with van der Waals surface area (Å²) >= 11 is 0. The van der Waals surface area contributed by atoms with Gasteiger partial charge in [-0.25, -0.2) is 9.67 Å². The molecule has 1 saturated carbocycles. The minimum absolute atomic E-state index is 0.0135. The molecule has 1 fully saturated rings. The standard InChI is InChI=1S/C10H21NO5P/c12-8-3-6-11(10-4-1-2-5-10)7-9-16-17(13,14)15/h10H,1-9H2,(H2,13,14,15). The van der Waals surface area contributed by atoms with E-state index >= 15 is 0 Å². The second-order valence-electron chi connectivity index (χ2n) is 4.36. The van der Waals surface area contributed by atoms with Gasteiger partial charge >= 0.3 is 7.82 Å². The molecule has 6 nitrogen and oxygen atoms in total. The van der Waals surface area contributed by atoms with E-state index in [2.05, 4.69) is 9.42 Å². The van der Waals surface area contributed by atoms with Gasteiger partial charge in [-0.15, -0.1) is 0 Å². The lowest BCUT2D eigenvalue weighted by molar-refractivity contribution is 0.116. The van der Waals surface area contributed by atoms with Gasteiger partial charge in [-0.05, 0) is 19.3 Å². The van der Waals surface area contributed by atoms with Gasteiger partial charge in [0, 0.05) is 19.1 Å². The third kappa shape index (κ3) is 6.50. The van der Waals surface area contributed by atoms with Gasteiger partial charge in [0.2, 0.25) is 0 Å². The summed E-state index contributed by atoms with van der Waals surface area (Å²) in [7, 11) is -4.37. The van der Waals surface area contributed by atoms with Crippen molar-refractivity contribution in [3.63, 3.8) is 0 Å². The molecule has 1 radical (unpaired) electrons. The van der Waals surface area contributed by atoms with Gasteiger partial charge in [0.05, 0.1) is 13.2 Å².